The Balaban J connectivity index is 1.96. The third-order valence-corrected chi connectivity index (χ3v) is 4.62. The standard InChI is InChI=1S/C18H28O/c1-3-5-16-6-4-12-18(19,13-11-16)14-17-9-7-15(2)8-10-17/h7-10,16,19H,3-6,11-14H2,1-2H3. The van der Waals surface area contributed by atoms with Gasteiger partial charge in [0.05, 0.1) is 5.60 Å². The average Bonchev–Trinajstić information content (AvgIpc) is 2.56. The highest BCUT2D eigenvalue weighted by atomic mass is 16.3. The van der Waals surface area contributed by atoms with Crippen molar-refractivity contribution >= 4 is 0 Å². The molecule has 0 aliphatic heterocycles. The second-order valence-electron chi connectivity index (χ2n) is 6.47. The van der Waals surface area contributed by atoms with Gasteiger partial charge in [0.15, 0.2) is 0 Å². The van der Waals surface area contributed by atoms with Crippen LogP contribution < -0.4 is 0 Å². The highest BCUT2D eigenvalue weighted by Crippen LogP contribution is 2.34. The number of hydrogen-bond donors (Lipinski definition) is 1. The van der Waals surface area contributed by atoms with Crippen molar-refractivity contribution in [3.05, 3.63) is 35.4 Å². The van der Waals surface area contributed by atoms with Crippen LogP contribution in [0.25, 0.3) is 0 Å². The van der Waals surface area contributed by atoms with Crippen molar-refractivity contribution in [2.45, 2.75) is 70.8 Å². The molecule has 1 aliphatic carbocycles. The van der Waals surface area contributed by atoms with Crippen LogP contribution in [0.15, 0.2) is 24.3 Å². The lowest BCUT2D eigenvalue weighted by Gasteiger charge is -2.27. The summed E-state index contributed by atoms with van der Waals surface area (Å²) in [6.07, 6.45) is 9.09. The van der Waals surface area contributed by atoms with E-state index < -0.39 is 5.60 Å². The van der Waals surface area contributed by atoms with Gasteiger partial charge in [-0.05, 0) is 37.7 Å². The minimum Gasteiger partial charge on any atom is -0.390 e. The highest BCUT2D eigenvalue weighted by Gasteiger charge is 2.30. The number of aryl methyl sites for hydroxylation is 1. The molecule has 2 rings (SSSR count). The summed E-state index contributed by atoms with van der Waals surface area (Å²) in [4.78, 5) is 0. The molecule has 106 valence electrons. The zero-order chi connectivity index (χ0) is 13.7. The van der Waals surface area contributed by atoms with Gasteiger partial charge in [0.1, 0.15) is 0 Å². The van der Waals surface area contributed by atoms with E-state index in [1.54, 1.807) is 0 Å². The van der Waals surface area contributed by atoms with E-state index in [1.165, 1.54) is 43.2 Å². The number of aliphatic hydroxyl groups is 1. The Morgan fingerprint density at radius 3 is 2.58 bits per heavy atom. The molecule has 19 heavy (non-hydrogen) atoms. The van der Waals surface area contributed by atoms with Gasteiger partial charge in [0.2, 0.25) is 0 Å². The molecule has 2 unspecified atom stereocenters. The van der Waals surface area contributed by atoms with Gasteiger partial charge < -0.3 is 5.11 Å². The Labute approximate surface area is 118 Å². The molecule has 2 atom stereocenters. The Hall–Kier alpha value is -0.820. The van der Waals surface area contributed by atoms with Crippen molar-refractivity contribution in [3.8, 4) is 0 Å². The second kappa shape index (κ2) is 6.56. The van der Waals surface area contributed by atoms with E-state index in [1.807, 2.05) is 0 Å². The van der Waals surface area contributed by atoms with Crippen molar-refractivity contribution in [3.63, 3.8) is 0 Å². The molecular formula is C18H28O. The molecule has 0 spiro atoms. The van der Waals surface area contributed by atoms with Crippen LogP contribution in [-0.2, 0) is 6.42 Å². The summed E-state index contributed by atoms with van der Waals surface area (Å²) in [6, 6.07) is 8.63. The molecule has 1 heteroatoms. The molecule has 0 amide bonds. The van der Waals surface area contributed by atoms with E-state index in [-0.39, 0.29) is 0 Å². The number of benzene rings is 1. The quantitative estimate of drug-likeness (QED) is 0.781. The van der Waals surface area contributed by atoms with Crippen LogP contribution in [0.4, 0.5) is 0 Å². The van der Waals surface area contributed by atoms with Crippen LogP contribution in [-0.4, -0.2) is 10.7 Å². The topological polar surface area (TPSA) is 20.2 Å². The molecule has 1 N–H and O–H groups in total. The fraction of sp³-hybridized carbons (Fsp3) is 0.667. The van der Waals surface area contributed by atoms with Crippen molar-refractivity contribution in [2.24, 2.45) is 5.92 Å². The smallest absolute Gasteiger partial charge is 0.0688 e. The molecule has 0 radical (unpaired) electrons. The molecule has 1 saturated carbocycles. The van der Waals surface area contributed by atoms with Crippen molar-refractivity contribution in [2.75, 3.05) is 0 Å². The molecule has 0 aromatic heterocycles. The summed E-state index contributed by atoms with van der Waals surface area (Å²) in [7, 11) is 0. The average molecular weight is 260 g/mol. The van der Waals surface area contributed by atoms with Crippen LogP contribution in [0.2, 0.25) is 0 Å². The van der Waals surface area contributed by atoms with Gasteiger partial charge in [-0.25, -0.2) is 0 Å². The van der Waals surface area contributed by atoms with Crippen LogP contribution in [0, 0.1) is 12.8 Å². The van der Waals surface area contributed by atoms with Gasteiger partial charge in [-0.2, -0.15) is 0 Å². The highest BCUT2D eigenvalue weighted by molar-refractivity contribution is 5.22. The van der Waals surface area contributed by atoms with Crippen LogP contribution in [0.3, 0.4) is 0 Å². The van der Waals surface area contributed by atoms with E-state index >= 15 is 0 Å². The van der Waals surface area contributed by atoms with Gasteiger partial charge in [-0.1, -0.05) is 62.4 Å². The Kier molecular flexibility index (Phi) is 5.04. The molecular weight excluding hydrogens is 232 g/mol. The van der Waals surface area contributed by atoms with Crippen molar-refractivity contribution in [1.29, 1.82) is 0 Å². The van der Waals surface area contributed by atoms with Crippen molar-refractivity contribution in [1.82, 2.24) is 0 Å². The second-order valence-corrected chi connectivity index (χ2v) is 6.47. The maximum atomic E-state index is 10.9. The van der Waals surface area contributed by atoms with Gasteiger partial charge in [0.25, 0.3) is 0 Å². The van der Waals surface area contributed by atoms with Crippen molar-refractivity contribution < 1.29 is 5.11 Å². The minimum atomic E-state index is -0.461. The summed E-state index contributed by atoms with van der Waals surface area (Å²) >= 11 is 0. The maximum absolute atomic E-state index is 10.9. The molecule has 1 aromatic carbocycles. The van der Waals surface area contributed by atoms with Crippen LogP contribution in [0.1, 0.15) is 63.0 Å². The Morgan fingerprint density at radius 2 is 1.89 bits per heavy atom. The first-order chi connectivity index (χ1) is 9.11. The van der Waals surface area contributed by atoms with Gasteiger partial charge in [-0.3, -0.25) is 0 Å². The van der Waals surface area contributed by atoms with E-state index in [4.69, 9.17) is 0 Å². The third-order valence-electron chi connectivity index (χ3n) is 4.62. The zero-order valence-electron chi connectivity index (χ0n) is 12.5. The number of rotatable bonds is 4. The predicted octanol–water partition coefficient (Wildman–Crippen LogP) is 4.65. The van der Waals surface area contributed by atoms with Crippen LogP contribution in [0.5, 0.6) is 0 Å². The monoisotopic (exact) mass is 260 g/mol. The summed E-state index contributed by atoms with van der Waals surface area (Å²) in [5, 5.41) is 10.9. The summed E-state index contributed by atoms with van der Waals surface area (Å²) in [5.74, 6) is 0.844. The first kappa shape index (κ1) is 14.6. The lowest BCUT2D eigenvalue weighted by Crippen LogP contribution is -2.30. The molecule has 1 aromatic rings. The fourth-order valence-electron chi connectivity index (χ4n) is 3.42. The maximum Gasteiger partial charge on any atom is 0.0688 e. The Bertz CT molecular complexity index is 381. The first-order valence-electron chi connectivity index (χ1n) is 7.89. The van der Waals surface area contributed by atoms with E-state index in [0.717, 1.165) is 25.2 Å². The van der Waals surface area contributed by atoms with Gasteiger partial charge in [-0.15, -0.1) is 0 Å². The Morgan fingerprint density at radius 1 is 1.16 bits per heavy atom. The van der Waals surface area contributed by atoms with Crippen LogP contribution >= 0.6 is 0 Å². The molecule has 0 heterocycles. The van der Waals surface area contributed by atoms with Gasteiger partial charge in [0, 0.05) is 6.42 Å². The van der Waals surface area contributed by atoms with E-state index in [0.29, 0.717) is 0 Å². The van der Waals surface area contributed by atoms with E-state index in [2.05, 4.69) is 38.1 Å². The zero-order valence-corrected chi connectivity index (χ0v) is 12.5. The molecule has 1 nitrogen and oxygen atoms in total. The molecule has 1 aliphatic rings. The fourth-order valence-corrected chi connectivity index (χ4v) is 3.42. The summed E-state index contributed by atoms with van der Waals surface area (Å²) < 4.78 is 0. The summed E-state index contributed by atoms with van der Waals surface area (Å²) in [5.41, 5.74) is 2.11. The molecule has 1 fully saturated rings. The summed E-state index contributed by atoms with van der Waals surface area (Å²) in [6.45, 7) is 4.38. The first-order valence-corrected chi connectivity index (χ1v) is 7.89. The lowest BCUT2D eigenvalue weighted by atomic mass is 9.86. The number of hydrogen-bond acceptors (Lipinski definition) is 1. The normalized spacial score (nSPS) is 28.1. The van der Waals surface area contributed by atoms with E-state index in [9.17, 15) is 5.11 Å². The minimum absolute atomic E-state index is 0.461. The largest absolute Gasteiger partial charge is 0.390 e. The molecule has 0 saturated heterocycles. The molecule has 0 bridgehead atoms. The lowest BCUT2D eigenvalue weighted by molar-refractivity contribution is 0.0241. The third kappa shape index (κ3) is 4.35. The predicted molar refractivity (Wildman–Crippen MR) is 81.3 cm³/mol. The van der Waals surface area contributed by atoms with Gasteiger partial charge >= 0.3 is 0 Å². The SMILES string of the molecule is CCCC1CCCC(O)(Cc2ccc(C)cc2)CC1.